The van der Waals surface area contributed by atoms with Crippen LogP contribution in [0.4, 0.5) is 5.13 Å². The van der Waals surface area contributed by atoms with E-state index in [1.807, 2.05) is 20.8 Å². The number of ether oxygens (including phenoxy) is 4. The molecule has 1 aromatic heterocycles. The van der Waals surface area contributed by atoms with Gasteiger partial charge in [-0.15, -0.1) is 0 Å². The molecule has 0 saturated heterocycles. The number of fused-ring (bicyclic) bond motifs is 1. The van der Waals surface area contributed by atoms with Crippen molar-refractivity contribution < 1.29 is 23.7 Å². The van der Waals surface area contributed by atoms with Gasteiger partial charge in [-0.25, -0.2) is 4.98 Å². The van der Waals surface area contributed by atoms with Gasteiger partial charge in [0.25, 0.3) is 5.91 Å². The van der Waals surface area contributed by atoms with E-state index >= 15 is 0 Å². The van der Waals surface area contributed by atoms with Gasteiger partial charge in [0, 0.05) is 12.0 Å². The molecule has 146 valence electrons. The van der Waals surface area contributed by atoms with Gasteiger partial charge in [0.2, 0.25) is 5.75 Å². The summed E-state index contributed by atoms with van der Waals surface area (Å²) in [5, 5.41) is 3.44. The third-order valence-electron chi connectivity index (χ3n) is 3.89. The van der Waals surface area contributed by atoms with Crippen LogP contribution >= 0.6 is 11.3 Å². The van der Waals surface area contributed by atoms with Crippen LogP contribution in [0.25, 0.3) is 0 Å². The van der Waals surface area contributed by atoms with Crippen LogP contribution in [0.1, 0.15) is 41.7 Å². The highest BCUT2D eigenvalue weighted by atomic mass is 32.1. The lowest BCUT2D eigenvalue weighted by Gasteiger charge is -2.16. The zero-order valence-electron chi connectivity index (χ0n) is 15.8. The molecule has 0 spiro atoms. The Hall–Kier alpha value is -2.32. The molecule has 1 aliphatic heterocycles. The van der Waals surface area contributed by atoms with Gasteiger partial charge in [-0.05, 0) is 32.9 Å². The van der Waals surface area contributed by atoms with Crippen molar-refractivity contribution in [2.24, 2.45) is 0 Å². The summed E-state index contributed by atoms with van der Waals surface area (Å²) in [5.41, 5.74) is 1.42. The van der Waals surface area contributed by atoms with Gasteiger partial charge in [-0.2, -0.15) is 0 Å². The predicted molar refractivity (Wildman–Crippen MR) is 103 cm³/mol. The molecular weight excluding hydrogens is 368 g/mol. The Morgan fingerprint density at radius 2 is 1.81 bits per heavy atom. The number of amides is 1. The fourth-order valence-corrected chi connectivity index (χ4v) is 3.71. The van der Waals surface area contributed by atoms with Crippen molar-refractivity contribution in [2.45, 2.75) is 33.8 Å². The van der Waals surface area contributed by atoms with Gasteiger partial charge < -0.3 is 18.9 Å². The van der Waals surface area contributed by atoms with Gasteiger partial charge in [-0.1, -0.05) is 11.3 Å². The molecule has 27 heavy (non-hydrogen) atoms. The van der Waals surface area contributed by atoms with Crippen LogP contribution in [0.2, 0.25) is 0 Å². The molecule has 0 unspecified atom stereocenters. The third-order valence-corrected chi connectivity index (χ3v) is 4.87. The smallest absolute Gasteiger partial charge is 0.257 e. The summed E-state index contributed by atoms with van der Waals surface area (Å²) in [4.78, 5) is 18.3. The van der Waals surface area contributed by atoms with Gasteiger partial charge in [0.15, 0.2) is 16.6 Å². The molecule has 1 amide bonds. The molecule has 2 aromatic rings. The molecule has 0 fully saturated rings. The maximum absolute atomic E-state index is 12.8. The first-order valence-corrected chi connectivity index (χ1v) is 9.91. The van der Waals surface area contributed by atoms with E-state index in [9.17, 15) is 4.79 Å². The monoisotopic (exact) mass is 392 g/mol. The average Bonchev–Trinajstić information content (AvgIpc) is 3.06. The van der Waals surface area contributed by atoms with Crippen molar-refractivity contribution in [1.82, 2.24) is 4.98 Å². The quantitative estimate of drug-likeness (QED) is 0.739. The molecule has 2 heterocycles. The number of nitrogens with zero attached hydrogens (tertiary/aromatic N) is 1. The van der Waals surface area contributed by atoms with Gasteiger partial charge in [0.1, 0.15) is 0 Å². The molecule has 7 nitrogen and oxygen atoms in total. The molecule has 0 radical (unpaired) electrons. The second kappa shape index (κ2) is 9.05. The van der Waals surface area contributed by atoms with Gasteiger partial charge in [-0.3, -0.25) is 10.1 Å². The molecule has 8 heteroatoms. The zero-order chi connectivity index (χ0) is 19.2. The molecule has 1 N–H and O–H groups in total. The SMILES string of the molecule is CCOc1cc(C(=O)Nc2nc3c(s2)COCC3)cc(OCC)c1OCC. The maximum Gasteiger partial charge on any atom is 0.257 e. The first-order chi connectivity index (χ1) is 13.2. The van der Waals surface area contributed by atoms with E-state index in [0.717, 1.165) is 17.0 Å². The van der Waals surface area contributed by atoms with E-state index in [0.29, 0.717) is 61.0 Å². The van der Waals surface area contributed by atoms with E-state index in [1.165, 1.54) is 11.3 Å². The number of benzene rings is 1. The lowest BCUT2D eigenvalue weighted by molar-refractivity contribution is 0.102. The molecule has 0 atom stereocenters. The van der Waals surface area contributed by atoms with E-state index in [-0.39, 0.29) is 5.91 Å². The Bertz CT molecular complexity index is 755. The average molecular weight is 392 g/mol. The highest BCUT2D eigenvalue weighted by Crippen LogP contribution is 2.39. The van der Waals surface area contributed by atoms with E-state index in [4.69, 9.17) is 18.9 Å². The summed E-state index contributed by atoms with van der Waals surface area (Å²) in [6.07, 6.45) is 0.772. The zero-order valence-corrected chi connectivity index (χ0v) is 16.6. The Morgan fingerprint density at radius 3 is 2.41 bits per heavy atom. The van der Waals surface area contributed by atoms with Gasteiger partial charge in [0.05, 0.1) is 43.6 Å². The summed E-state index contributed by atoms with van der Waals surface area (Å²) in [6, 6.07) is 3.34. The van der Waals surface area contributed by atoms with Crippen molar-refractivity contribution in [3.8, 4) is 17.2 Å². The molecule has 0 bridgehead atoms. The minimum absolute atomic E-state index is 0.271. The molecular formula is C19H24N2O5S. The van der Waals surface area contributed by atoms with Crippen LogP contribution in [-0.4, -0.2) is 37.3 Å². The van der Waals surface area contributed by atoms with Crippen LogP contribution in [0, 0.1) is 0 Å². The van der Waals surface area contributed by atoms with Crippen molar-refractivity contribution in [3.63, 3.8) is 0 Å². The van der Waals surface area contributed by atoms with Crippen molar-refractivity contribution in [2.75, 3.05) is 31.7 Å². The molecule has 3 rings (SSSR count). The van der Waals surface area contributed by atoms with Gasteiger partial charge >= 0.3 is 0 Å². The topological polar surface area (TPSA) is 78.9 Å². The summed E-state index contributed by atoms with van der Waals surface area (Å²) >= 11 is 1.44. The minimum atomic E-state index is -0.271. The first-order valence-electron chi connectivity index (χ1n) is 9.10. The summed E-state index contributed by atoms with van der Waals surface area (Å²) < 4.78 is 22.4. The van der Waals surface area contributed by atoms with Crippen LogP contribution < -0.4 is 19.5 Å². The second-order valence-corrected chi connectivity index (χ2v) is 6.83. The van der Waals surface area contributed by atoms with E-state index < -0.39 is 0 Å². The van der Waals surface area contributed by atoms with Crippen molar-refractivity contribution in [1.29, 1.82) is 0 Å². The fraction of sp³-hybridized carbons (Fsp3) is 0.474. The number of nitrogens with one attached hydrogen (secondary N) is 1. The Labute approximate surface area is 162 Å². The van der Waals surface area contributed by atoms with E-state index in [1.54, 1.807) is 12.1 Å². The molecule has 1 aliphatic rings. The van der Waals surface area contributed by atoms with Crippen molar-refractivity contribution in [3.05, 3.63) is 28.3 Å². The summed E-state index contributed by atoms with van der Waals surface area (Å²) in [6.45, 7) is 8.24. The number of hydrogen-bond acceptors (Lipinski definition) is 7. The number of aromatic nitrogens is 1. The second-order valence-electron chi connectivity index (χ2n) is 5.75. The number of hydrogen-bond donors (Lipinski definition) is 1. The van der Waals surface area contributed by atoms with Crippen LogP contribution in [-0.2, 0) is 17.8 Å². The molecule has 0 saturated carbocycles. The summed E-state index contributed by atoms with van der Waals surface area (Å²) in [7, 11) is 0. The van der Waals surface area contributed by atoms with Crippen molar-refractivity contribution >= 4 is 22.4 Å². The Morgan fingerprint density at radius 1 is 1.15 bits per heavy atom. The van der Waals surface area contributed by atoms with E-state index in [2.05, 4.69) is 10.3 Å². The number of anilines is 1. The number of thiazole rings is 1. The summed E-state index contributed by atoms with van der Waals surface area (Å²) in [5.74, 6) is 1.22. The van der Waals surface area contributed by atoms with Crippen LogP contribution in [0.3, 0.4) is 0 Å². The highest BCUT2D eigenvalue weighted by Gasteiger charge is 2.21. The minimum Gasteiger partial charge on any atom is -0.490 e. The molecule has 1 aromatic carbocycles. The number of carbonyl (C=O) groups is 1. The highest BCUT2D eigenvalue weighted by molar-refractivity contribution is 7.15. The Balaban J connectivity index is 1.87. The number of carbonyl (C=O) groups excluding carboxylic acids is 1. The largest absolute Gasteiger partial charge is 0.490 e. The Kier molecular flexibility index (Phi) is 6.52. The molecule has 0 aliphatic carbocycles. The first kappa shape index (κ1) is 19.4. The van der Waals surface area contributed by atoms with Crippen LogP contribution in [0.15, 0.2) is 12.1 Å². The normalized spacial score (nSPS) is 13.0. The number of rotatable bonds is 8. The van der Waals surface area contributed by atoms with Crippen LogP contribution in [0.5, 0.6) is 17.2 Å². The fourth-order valence-electron chi connectivity index (χ4n) is 2.77. The maximum atomic E-state index is 12.8. The lowest BCUT2D eigenvalue weighted by Crippen LogP contribution is -2.13. The lowest BCUT2D eigenvalue weighted by atomic mass is 10.1. The standard InChI is InChI=1S/C19H24N2O5S/c1-4-24-14-9-12(10-15(25-5-2)17(14)26-6-3)18(22)21-19-20-13-7-8-23-11-16(13)27-19/h9-10H,4-8,11H2,1-3H3,(H,20,21,22). The predicted octanol–water partition coefficient (Wildman–Crippen LogP) is 3.66. The third kappa shape index (κ3) is 4.51.